The van der Waals surface area contributed by atoms with E-state index in [1.807, 2.05) is 30.3 Å². The first-order chi connectivity index (χ1) is 10.2. The van der Waals surface area contributed by atoms with E-state index in [1.165, 1.54) is 19.3 Å². The Morgan fingerprint density at radius 3 is 2.48 bits per heavy atom. The van der Waals surface area contributed by atoms with Crippen LogP contribution < -0.4 is 10.6 Å². The molecule has 0 bridgehead atoms. The number of imide groups is 1. The van der Waals surface area contributed by atoms with Gasteiger partial charge in [-0.2, -0.15) is 0 Å². The maximum absolute atomic E-state index is 11.7. The van der Waals surface area contributed by atoms with Crippen LogP contribution in [0.25, 0.3) is 0 Å². The minimum atomic E-state index is -0.428. The Morgan fingerprint density at radius 1 is 1.05 bits per heavy atom. The van der Waals surface area contributed by atoms with Crippen LogP contribution in [-0.2, 0) is 11.3 Å². The van der Waals surface area contributed by atoms with Crippen molar-refractivity contribution < 1.29 is 9.59 Å². The van der Waals surface area contributed by atoms with Crippen molar-refractivity contribution in [2.24, 2.45) is 0 Å². The second-order valence-corrected chi connectivity index (χ2v) is 5.37. The predicted octanol–water partition coefficient (Wildman–Crippen LogP) is 1.89. The van der Waals surface area contributed by atoms with E-state index < -0.39 is 6.03 Å². The lowest BCUT2D eigenvalue weighted by molar-refractivity contribution is -0.120. The summed E-state index contributed by atoms with van der Waals surface area (Å²) in [4.78, 5) is 25.6. The number of hydrogen-bond donors (Lipinski definition) is 2. The van der Waals surface area contributed by atoms with Crippen molar-refractivity contribution in [2.45, 2.75) is 32.2 Å². The molecule has 1 saturated heterocycles. The minimum Gasteiger partial charge on any atom is -0.334 e. The molecule has 1 aromatic rings. The number of carbonyl (C=O) groups excluding carboxylic acids is 2. The first kappa shape index (κ1) is 15.5. The monoisotopic (exact) mass is 289 g/mol. The number of carbonyl (C=O) groups is 2. The smallest absolute Gasteiger partial charge is 0.321 e. The lowest BCUT2D eigenvalue weighted by Gasteiger charge is -2.25. The number of benzene rings is 1. The molecule has 0 spiro atoms. The third kappa shape index (κ3) is 5.95. The summed E-state index contributed by atoms with van der Waals surface area (Å²) in [7, 11) is 0. The molecule has 0 atom stereocenters. The molecule has 0 aromatic heterocycles. The van der Waals surface area contributed by atoms with Crippen LogP contribution in [0, 0.1) is 0 Å². The predicted molar refractivity (Wildman–Crippen MR) is 81.7 cm³/mol. The Morgan fingerprint density at radius 2 is 1.76 bits per heavy atom. The summed E-state index contributed by atoms with van der Waals surface area (Å²) in [6, 6.07) is 9.18. The molecule has 2 rings (SSSR count). The SMILES string of the molecule is O=C(CCN1CCCCC1)NC(=O)NCc1ccccc1. The standard InChI is InChI=1S/C16H23N3O2/c20-15(9-12-19-10-5-2-6-11-19)18-16(21)17-13-14-7-3-1-4-8-14/h1,3-4,7-8H,2,5-6,9-13H2,(H2,17,18,20,21). The molecule has 2 N–H and O–H groups in total. The Labute approximate surface area is 125 Å². The van der Waals surface area contributed by atoms with Gasteiger partial charge in [0.15, 0.2) is 0 Å². The fraction of sp³-hybridized carbons (Fsp3) is 0.500. The van der Waals surface area contributed by atoms with Crippen molar-refractivity contribution in [3.05, 3.63) is 35.9 Å². The fourth-order valence-corrected chi connectivity index (χ4v) is 2.45. The van der Waals surface area contributed by atoms with Gasteiger partial charge >= 0.3 is 6.03 Å². The number of amides is 3. The van der Waals surface area contributed by atoms with Crippen molar-refractivity contribution in [3.8, 4) is 0 Å². The van der Waals surface area contributed by atoms with Crippen LogP contribution >= 0.6 is 0 Å². The fourth-order valence-electron chi connectivity index (χ4n) is 2.45. The van der Waals surface area contributed by atoms with E-state index in [4.69, 9.17) is 0 Å². The number of rotatable bonds is 5. The zero-order valence-electron chi connectivity index (χ0n) is 12.3. The maximum Gasteiger partial charge on any atom is 0.321 e. The molecular weight excluding hydrogens is 266 g/mol. The van der Waals surface area contributed by atoms with Gasteiger partial charge in [-0.15, -0.1) is 0 Å². The molecule has 5 nitrogen and oxygen atoms in total. The van der Waals surface area contributed by atoms with Gasteiger partial charge in [0.25, 0.3) is 0 Å². The van der Waals surface area contributed by atoms with E-state index in [-0.39, 0.29) is 5.91 Å². The first-order valence-corrected chi connectivity index (χ1v) is 7.58. The van der Waals surface area contributed by atoms with Crippen molar-refractivity contribution in [3.63, 3.8) is 0 Å². The summed E-state index contributed by atoms with van der Waals surface area (Å²) >= 11 is 0. The molecule has 1 aromatic carbocycles. The second-order valence-electron chi connectivity index (χ2n) is 5.37. The molecule has 1 aliphatic heterocycles. The zero-order chi connectivity index (χ0) is 14.9. The third-order valence-electron chi connectivity index (χ3n) is 3.65. The van der Waals surface area contributed by atoms with E-state index >= 15 is 0 Å². The second kappa shape index (κ2) is 8.42. The van der Waals surface area contributed by atoms with Gasteiger partial charge < -0.3 is 10.2 Å². The lowest BCUT2D eigenvalue weighted by Crippen LogP contribution is -2.41. The number of hydrogen-bond acceptors (Lipinski definition) is 3. The number of urea groups is 1. The Hall–Kier alpha value is -1.88. The van der Waals surface area contributed by atoms with Crippen LogP contribution in [0.5, 0.6) is 0 Å². The largest absolute Gasteiger partial charge is 0.334 e. The van der Waals surface area contributed by atoms with Crippen molar-refractivity contribution >= 4 is 11.9 Å². The van der Waals surface area contributed by atoms with Gasteiger partial charge in [0.05, 0.1) is 0 Å². The average molecular weight is 289 g/mol. The molecule has 0 unspecified atom stereocenters. The first-order valence-electron chi connectivity index (χ1n) is 7.58. The molecule has 1 fully saturated rings. The topological polar surface area (TPSA) is 61.4 Å². The molecule has 5 heteroatoms. The Bertz CT molecular complexity index is 456. The molecule has 1 heterocycles. The van der Waals surface area contributed by atoms with Gasteiger partial charge in [-0.05, 0) is 31.5 Å². The van der Waals surface area contributed by atoms with E-state index in [0.29, 0.717) is 13.0 Å². The van der Waals surface area contributed by atoms with Crippen LogP contribution in [-0.4, -0.2) is 36.5 Å². The number of piperidine rings is 1. The van der Waals surface area contributed by atoms with Crippen LogP contribution in [0.15, 0.2) is 30.3 Å². The number of nitrogens with zero attached hydrogens (tertiary/aromatic N) is 1. The van der Waals surface area contributed by atoms with Crippen LogP contribution in [0.2, 0.25) is 0 Å². The van der Waals surface area contributed by atoms with E-state index in [9.17, 15) is 9.59 Å². The van der Waals surface area contributed by atoms with Crippen molar-refractivity contribution in [1.29, 1.82) is 0 Å². The molecule has 0 radical (unpaired) electrons. The number of likely N-dealkylation sites (tertiary alicyclic amines) is 1. The molecule has 0 saturated carbocycles. The van der Waals surface area contributed by atoms with Crippen LogP contribution in [0.3, 0.4) is 0 Å². The van der Waals surface area contributed by atoms with Gasteiger partial charge in [0.1, 0.15) is 0 Å². The van der Waals surface area contributed by atoms with E-state index in [2.05, 4.69) is 15.5 Å². The van der Waals surface area contributed by atoms with Gasteiger partial charge in [0.2, 0.25) is 5.91 Å². The molecule has 21 heavy (non-hydrogen) atoms. The van der Waals surface area contributed by atoms with Crippen LogP contribution in [0.1, 0.15) is 31.2 Å². The van der Waals surface area contributed by atoms with Gasteiger partial charge in [-0.3, -0.25) is 10.1 Å². The molecule has 3 amide bonds. The highest BCUT2D eigenvalue weighted by molar-refractivity contribution is 5.94. The molecule has 1 aliphatic rings. The average Bonchev–Trinajstić information content (AvgIpc) is 2.53. The lowest BCUT2D eigenvalue weighted by atomic mass is 10.1. The summed E-state index contributed by atoms with van der Waals surface area (Å²) in [6.45, 7) is 3.28. The zero-order valence-corrected chi connectivity index (χ0v) is 12.3. The summed E-state index contributed by atoms with van der Waals surface area (Å²) in [5.41, 5.74) is 1.01. The van der Waals surface area contributed by atoms with Gasteiger partial charge in [-0.25, -0.2) is 4.79 Å². The molecule has 0 aliphatic carbocycles. The highest BCUT2D eigenvalue weighted by Gasteiger charge is 2.13. The normalized spacial score (nSPS) is 15.4. The maximum atomic E-state index is 11.7. The Balaban J connectivity index is 1.61. The summed E-state index contributed by atoms with van der Waals surface area (Å²) < 4.78 is 0. The summed E-state index contributed by atoms with van der Waals surface area (Å²) in [5.74, 6) is -0.217. The minimum absolute atomic E-state index is 0.217. The van der Waals surface area contributed by atoms with Gasteiger partial charge in [-0.1, -0.05) is 36.8 Å². The van der Waals surface area contributed by atoms with E-state index in [0.717, 1.165) is 25.2 Å². The summed E-state index contributed by atoms with van der Waals surface area (Å²) in [6.07, 6.45) is 4.07. The van der Waals surface area contributed by atoms with Crippen molar-refractivity contribution in [2.75, 3.05) is 19.6 Å². The molecular formula is C16H23N3O2. The Kier molecular flexibility index (Phi) is 6.22. The quantitative estimate of drug-likeness (QED) is 0.870. The summed E-state index contributed by atoms with van der Waals surface area (Å²) in [5, 5.41) is 5.06. The highest BCUT2D eigenvalue weighted by atomic mass is 16.2. The van der Waals surface area contributed by atoms with Crippen LogP contribution in [0.4, 0.5) is 4.79 Å². The molecule has 114 valence electrons. The number of nitrogens with one attached hydrogen (secondary N) is 2. The van der Waals surface area contributed by atoms with Gasteiger partial charge in [0, 0.05) is 19.5 Å². The third-order valence-corrected chi connectivity index (χ3v) is 3.65. The van der Waals surface area contributed by atoms with Crippen molar-refractivity contribution in [1.82, 2.24) is 15.5 Å². The van der Waals surface area contributed by atoms with E-state index in [1.54, 1.807) is 0 Å². The highest BCUT2D eigenvalue weighted by Crippen LogP contribution is 2.08.